The Morgan fingerprint density at radius 1 is 0.935 bits per heavy atom. The van der Waals surface area contributed by atoms with Crippen LogP contribution in [0, 0.1) is 17.5 Å². The van der Waals surface area contributed by atoms with Gasteiger partial charge in [0.1, 0.15) is 23.1 Å². The minimum absolute atomic E-state index is 0.0364. The molecule has 0 amide bonds. The third-order valence-corrected chi connectivity index (χ3v) is 3.80. The Balaban J connectivity index is 2.04. The predicted octanol–water partition coefficient (Wildman–Crippen LogP) is 6.02. The van der Waals surface area contributed by atoms with Crippen LogP contribution in [0.2, 0.25) is 0 Å². The highest BCUT2D eigenvalue weighted by atomic mass is 19.4. The minimum atomic E-state index is -4.88. The summed E-state index contributed by atoms with van der Waals surface area (Å²) in [6, 6.07) is 7.51. The molecule has 0 atom stereocenters. The molecular weight excluding hydrogens is 426 g/mol. The van der Waals surface area contributed by atoms with Crippen molar-refractivity contribution >= 4 is 17.5 Å². The molecule has 3 aromatic rings. The molecule has 0 fully saturated rings. The van der Waals surface area contributed by atoms with Gasteiger partial charge in [-0.25, -0.2) is 18.2 Å². The lowest BCUT2D eigenvalue weighted by atomic mass is 10.1. The van der Waals surface area contributed by atoms with Crippen LogP contribution in [0.1, 0.15) is 13.8 Å². The van der Waals surface area contributed by atoms with Crippen molar-refractivity contribution in [2.45, 2.75) is 26.3 Å². The van der Waals surface area contributed by atoms with E-state index in [0.717, 1.165) is 18.2 Å². The number of benzene rings is 2. The average Bonchev–Trinajstić information content (AvgIpc) is 2.66. The smallest absolute Gasteiger partial charge is 0.406 e. The molecule has 0 saturated carbocycles. The van der Waals surface area contributed by atoms with Gasteiger partial charge in [-0.1, -0.05) is 12.1 Å². The first kappa shape index (κ1) is 22.2. The Morgan fingerprint density at radius 3 is 2.32 bits per heavy atom. The molecule has 31 heavy (non-hydrogen) atoms. The van der Waals surface area contributed by atoms with Crippen LogP contribution in [0.25, 0.3) is 11.3 Å². The van der Waals surface area contributed by atoms with Crippen molar-refractivity contribution in [3.63, 3.8) is 0 Å². The zero-order valence-electron chi connectivity index (χ0n) is 16.2. The van der Waals surface area contributed by atoms with Crippen molar-refractivity contribution < 1.29 is 31.1 Å². The molecule has 11 heteroatoms. The van der Waals surface area contributed by atoms with E-state index in [-0.39, 0.29) is 29.1 Å². The molecule has 0 radical (unpaired) electrons. The maximum atomic E-state index is 14.0. The summed E-state index contributed by atoms with van der Waals surface area (Å²) in [6.45, 7) is 3.57. The summed E-state index contributed by atoms with van der Waals surface area (Å²) >= 11 is 0. The maximum absolute atomic E-state index is 14.0. The number of nitrogens with one attached hydrogen (secondary N) is 2. The third-order valence-electron chi connectivity index (χ3n) is 3.80. The maximum Gasteiger partial charge on any atom is 0.573 e. The molecule has 164 valence electrons. The lowest BCUT2D eigenvalue weighted by molar-refractivity contribution is -0.274. The van der Waals surface area contributed by atoms with Crippen LogP contribution in [0.15, 0.2) is 42.5 Å². The zero-order valence-corrected chi connectivity index (χ0v) is 16.2. The van der Waals surface area contributed by atoms with Gasteiger partial charge in [0.25, 0.3) is 0 Å². The summed E-state index contributed by atoms with van der Waals surface area (Å²) in [6.07, 6.45) is -4.88. The van der Waals surface area contributed by atoms with Gasteiger partial charge >= 0.3 is 6.36 Å². The second-order valence-electron chi connectivity index (χ2n) is 6.68. The van der Waals surface area contributed by atoms with Gasteiger partial charge in [0, 0.05) is 17.7 Å². The quantitative estimate of drug-likeness (QED) is 0.361. The number of ether oxygens (including phenoxy) is 1. The SMILES string of the molecule is CC(C)Nc1nc(Nc2c(F)ccc(F)c2F)cc(-c2cccc(OC(F)(F)F)c2)n1. The molecule has 1 heterocycles. The van der Waals surface area contributed by atoms with Crippen LogP contribution in [-0.4, -0.2) is 22.4 Å². The summed E-state index contributed by atoms with van der Waals surface area (Å²) in [5, 5.41) is 5.27. The largest absolute Gasteiger partial charge is 0.573 e. The average molecular weight is 442 g/mol. The lowest BCUT2D eigenvalue weighted by Crippen LogP contribution is -2.17. The first-order valence-corrected chi connectivity index (χ1v) is 8.94. The molecule has 1 aromatic heterocycles. The molecule has 0 aliphatic rings. The predicted molar refractivity (Wildman–Crippen MR) is 103 cm³/mol. The Hall–Kier alpha value is -3.50. The van der Waals surface area contributed by atoms with E-state index in [1.165, 1.54) is 18.2 Å². The summed E-state index contributed by atoms with van der Waals surface area (Å²) in [7, 11) is 0. The number of halogens is 6. The molecule has 5 nitrogen and oxygen atoms in total. The van der Waals surface area contributed by atoms with Gasteiger partial charge in [-0.2, -0.15) is 4.98 Å². The molecule has 0 saturated heterocycles. The van der Waals surface area contributed by atoms with Gasteiger partial charge in [-0.15, -0.1) is 13.2 Å². The molecule has 3 rings (SSSR count). The number of aromatic nitrogens is 2. The molecule has 2 aromatic carbocycles. The van der Waals surface area contributed by atoms with E-state index >= 15 is 0 Å². The van der Waals surface area contributed by atoms with E-state index in [0.29, 0.717) is 6.07 Å². The van der Waals surface area contributed by atoms with Crippen LogP contribution in [0.3, 0.4) is 0 Å². The van der Waals surface area contributed by atoms with E-state index in [9.17, 15) is 26.3 Å². The number of hydrogen-bond acceptors (Lipinski definition) is 5. The Bertz CT molecular complexity index is 1090. The Kier molecular flexibility index (Phi) is 6.23. The lowest BCUT2D eigenvalue weighted by Gasteiger charge is -2.14. The summed E-state index contributed by atoms with van der Waals surface area (Å²) in [5.41, 5.74) is -0.418. The number of rotatable bonds is 6. The zero-order chi connectivity index (χ0) is 22.8. The van der Waals surface area contributed by atoms with Crippen LogP contribution < -0.4 is 15.4 Å². The first-order valence-electron chi connectivity index (χ1n) is 8.94. The summed E-state index contributed by atoms with van der Waals surface area (Å²) in [4.78, 5) is 8.31. The van der Waals surface area contributed by atoms with Crippen LogP contribution >= 0.6 is 0 Å². The van der Waals surface area contributed by atoms with Crippen LogP contribution in [0.5, 0.6) is 5.75 Å². The van der Waals surface area contributed by atoms with Crippen molar-refractivity contribution in [3.05, 3.63) is 59.9 Å². The van der Waals surface area contributed by atoms with E-state index in [2.05, 4.69) is 25.3 Å². The van der Waals surface area contributed by atoms with Gasteiger partial charge in [-0.05, 0) is 38.1 Å². The normalized spacial score (nSPS) is 11.5. The third kappa shape index (κ3) is 5.77. The van der Waals surface area contributed by atoms with Crippen molar-refractivity contribution in [1.29, 1.82) is 0 Å². The number of anilines is 3. The monoisotopic (exact) mass is 442 g/mol. The van der Waals surface area contributed by atoms with E-state index in [1.54, 1.807) is 13.8 Å². The fraction of sp³-hybridized carbons (Fsp3) is 0.200. The Morgan fingerprint density at radius 2 is 1.65 bits per heavy atom. The van der Waals surface area contributed by atoms with E-state index in [4.69, 9.17) is 0 Å². The topological polar surface area (TPSA) is 59.1 Å². The van der Waals surface area contributed by atoms with Gasteiger partial charge in [-0.3, -0.25) is 0 Å². The summed E-state index contributed by atoms with van der Waals surface area (Å²) in [5.74, 6) is -4.32. The highest BCUT2D eigenvalue weighted by Gasteiger charge is 2.31. The van der Waals surface area contributed by atoms with Crippen molar-refractivity contribution in [3.8, 4) is 17.0 Å². The second-order valence-corrected chi connectivity index (χ2v) is 6.68. The highest BCUT2D eigenvalue weighted by Crippen LogP contribution is 2.30. The van der Waals surface area contributed by atoms with Crippen LogP contribution in [-0.2, 0) is 0 Å². The fourth-order valence-corrected chi connectivity index (χ4v) is 2.60. The highest BCUT2D eigenvalue weighted by molar-refractivity contribution is 5.68. The molecular formula is C20H16F6N4O. The van der Waals surface area contributed by atoms with E-state index < -0.39 is 35.3 Å². The summed E-state index contributed by atoms with van der Waals surface area (Å²) < 4.78 is 83.0. The number of nitrogens with zero attached hydrogens (tertiary/aromatic N) is 2. The molecule has 0 aliphatic heterocycles. The molecule has 0 unspecified atom stereocenters. The number of hydrogen-bond donors (Lipinski definition) is 2. The molecule has 0 aliphatic carbocycles. The molecule has 0 bridgehead atoms. The Labute approximate surface area is 173 Å². The molecule has 0 spiro atoms. The van der Waals surface area contributed by atoms with Crippen LogP contribution in [0.4, 0.5) is 43.8 Å². The van der Waals surface area contributed by atoms with Crippen molar-refractivity contribution in [1.82, 2.24) is 9.97 Å². The molecule has 2 N–H and O–H groups in total. The second kappa shape index (κ2) is 8.70. The van der Waals surface area contributed by atoms with E-state index in [1.807, 2.05) is 0 Å². The van der Waals surface area contributed by atoms with Gasteiger partial charge < -0.3 is 15.4 Å². The van der Waals surface area contributed by atoms with Gasteiger partial charge in [0.15, 0.2) is 11.6 Å². The van der Waals surface area contributed by atoms with Crippen molar-refractivity contribution in [2.75, 3.05) is 10.6 Å². The first-order chi connectivity index (χ1) is 14.5. The number of alkyl halides is 3. The van der Waals surface area contributed by atoms with Gasteiger partial charge in [0.05, 0.1) is 5.69 Å². The fourth-order valence-electron chi connectivity index (χ4n) is 2.60. The standard InChI is InChI=1S/C20H16F6N4O/c1-10(2)27-19-28-15(11-4-3-5-12(8-11)31-20(24,25)26)9-16(30-19)29-18-14(22)7-6-13(21)17(18)23/h3-10H,1-2H3,(H2,27,28,29,30). The van der Waals surface area contributed by atoms with Crippen molar-refractivity contribution in [2.24, 2.45) is 0 Å². The minimum Gasteiger partial charge on any atom is -0.406 e. The van der Waals surface area contributed by atoms with Gasteiger partial charge in [0.2, 0.25) is 5.95 Å².